The molecular weight excluding hydrogens is 226 g/mol. The molecule has 1 aromatic rings. The number of anilines is 1. The number of aryl methyl sites for hydroxylation is 1. The Morgan fingerprint density at radius 3 is 2.75 bits per heavy atom. The highest BCUT2D eigenvalue weighted by molar-refractivity contribution is 7.88. The minimum absolute atomic E-state index is 0.454. The van der Waals surface area contributed by atoms with Crippen molar-refractivity contribution in [2.45, 2.75) is 13.3 Å². The minimum Gasteiger partial charge on any atom is -0.385 e. The van der Waals surface area contributed by atoms with Crippen molar-refractivity contribution >= 4 is 15.7 Å². The highest BCUT2D eigenvalue weighted by Crippen LogP contribution is 2.06. The lowest BCUT2D eigenvalue weighted by Gasteiger charge is -2.06. The second-order valence-electron chi connectivity index (χ2n) is 3.63. The van der Waals surface area contributed by atoms with E-state index in [1.165, 1.54) is 0 Å². The van der Waals surface area contributed by atoms with Gasteiger partial charge in [-0.15, -0.1) is 0 Å². The zero-order valence-corrected chi connectivity index (χ0v) is 10.3. The minimum atomic E-state index is -3.06. The van der Waals surface area contributed by atoms with Gasteiger partial charge in [-0.3, -0.25) is 4.98 Å². The Balaban J connectivity index is 2.21. The molecule has 0 fully saturated rings. The number of rotatable bonds is 6. The average Bonchev–Trinajstić information content (AvgIpc) is 2.15. The van der Waals surface area contributed by atoms with E-state index in [1.807, 2.05) is 19.1 Å². The molecule has 0 aliphatic carbocycles. The molecule has 0 aliphatic rings. The van der Waals surface area contributed by atoms with Gasteiger partial charge in [0.25, 0.3) is 0 Å². The Morgan fingerprint density at radius 1 is 1.38 bits per heavy atom. The van der Waals surface area contributed by atoms with E-state index in [4.69, 9.17) is 0 Å². The van der Waals surface area contributed by atoms with E-state index in [1.54, 1.807) is 6.20 Å². The molecule has 0 unspecified atom stereocenters. The van der Waals surface area contributed by atoms with Crippen LogP contribution in [0.4, 0.5) is 5.69 Å². The second-order valence-corrected chi connectivity index (χ2v) is 5.47. The molecule has 0 saturated heterocycles. The molecule has 0 spiro atoms. The molecule has 1 rings (SSSR count). The molecule has 0 amide bonds. The third-order valence-electron chi connectivity index (χ3n) is 1.94. The van der Waals surface area contributed by atoms with Crippen LogP contribution in [0.15, 0.2) is 18.3 Å². The summed E-state index contributed by atoms with van der Waals surface area (Å²) < 4.78 is 24.0. The van der Waals surface area contributed by atoms with Crippen LogP contribution in [-0.4, -0.2) is 32.7 Å². The van der Waals surface area contributed by atoms with Crippen LogP contribution in [-0.2, 0) is 10.0 Å². The van der Waals surface area contributed by atoms with Gasteiger partial charge in [-0.2, -0.15) is 0 Å². The SMILES string of the molecule is Cc1cc(NCCCNS(C)(=O)=O)ccn1. The topological polar surface area (TPSA) is 71.1 Å². The second kappa shape index (κ2) is 5.81. The fraction of sp³-hybridized carbons (Fsp3) is 0.500. The summed E-state index contributed by atoms with van der Waals surface area (Å²) in [6, 6.07) is 3.83. The molecule has 1 aromatic heterocycles. The van der Waals surface area contributed by atoms with Crippen molar-refractivity contribution in [3.63, 3.8) is 0 Å². The molecule has 0 saturated carbocycles. The molecule has 0 radical (unpaired) electrons. The van der Waals surface area contributed by atoms with Crippen molar-refractivity contribution in [3.05, 3.63) is 24.0 Å². The Bertz CT molecular complexity index is 431. The summed E-state index contributed by atoms with van der Waals surface area (Å²) in [6.07, 6.45) is 3.65. The van der Waals surface area contributed by atoms with E-state index in [2.05, 4.69) is 15.0 Å². The monoisotopic (exact) mass is 243 g/mol. The van der Waals surface area contributed by atoms with Gasteiger partial charge < -0.3 is 5.32 Å². The van der Waals surface area contributed by atoms with Crippen molar-refractivity contribution < 1.29 is 8.42 Å². The van der Waals surface area contributed by atoms with Gasteiger partial charge in [0.2, 0.25) is 10.0 Å². The van der Waals surface area contributed by atoms with Crippen molar-refractivity contribution in [1.29, 1.82) is 0 Å². The number of nitrogens with one attached hydrogen (secondary N) is 2. The van der Waals surface area contributed by atoms with Crippen LogP contribution in [0.3, 0.4) is 0 Å². The number of pyridine rings is 1. The Labute approximate surface area is 96.3 Å². The Hall–Kier alpha value is -1.14. The van der Waals surface area contributed by atoms with E-state index in [-0.39, 0.29) is 0 Å². The van der Waals surface area contributed by atoms with Gasteiger partial charge >= 0.3 is 0 Å². The first kappa shape index (κ1) is 12.9. The largest absolute Gasteiger partial charge is 0.385 e. The van der Waals surface area contributed by atoms with Gasteiger partial charge in [0.15, 0.2) is 0 Å². The van der Waals surface area contributed by atoms with E-state index < -0.39 is 10.0 Å². The number of hydrogen-bond acceptors (Lipinski definition) is 4. The lowest BCUT2D eigenvalue weighted by atomic mass is 10.3. The first-order chi connectivity index (χ1) is 7.47. The van der Waals surface area contributed by atoms with Crippen molar-refractivity contribution in [2.75, 3.05) is 24.7 Å². The molecule has 0 atom stereocenters. The summed E-state index contributed by atoms with van der Waals surface area (Å²) >= 11 is 0. The maximum atomic E-state index is 10.8. The highest BCUT2D eigenvalue weighted by Gasteiger charge is 1.98. The average molecular weight is 243 g/mol. The van der Waals surface area contributed by atoms with Gasteiger partial charge in [0, 0.05) is 30.7 Å². The smallest absolute Gasteiger partial charge is 0.208 e. The summed E-state index contributed by atoms with van der Waals surface area (Å²) in [6.45, 7) is 3.11. The van der Waals surface area contributed by atoms with Crippen LogP contribution in [0, 0.1) is 6.92 Å². The zero-order valence-electron chi connectivity index (χ0n) is 9.53. The van der Waals surface area contributed by atoms with E-state index in [9.17, 15) is 8.42 Å². The maximum Gasteiger partial charge on any atom is 0.208 e. The molecule has 0 aromatic carbocycles. The van der Waals surface area contributed by atoms with Gasteiger partial charge in [0.05, 0.1) is 6.26 Å². The van der Waals surface area contributed by atoms with Gasteiger partial charge in [-0.05, 0) is 25.5 Å². The molecule has 2 N–H and O–H groups in total. The first-order valence-corrected chi connectivity index (χ1v) is 6.98. The van der Waals surface area contributed by atoms with Crippen LogP contribution < -0.4 is 10.0 Å². The molecule has 16 heavy (non-hydrogen) atoms. The third kappa shape index (κ3) is 5.67. The van der Waals surface area contributed by atoms with Gasteiger partial charge in [0.1, 0.15) is 0 Å². The van der Waals surface area contributed by atoms with Crippen LogP contribution in [0.1, 0.15) is 12.1 Å². The Morgan fingerprint density at radius 2 is 2.12 bits per heavy atom. The standard InChI is InChI=1S/C10H17N3O2S/c1-9-8-10(4-7-11-9)12-5-3-6-13-16(2,14)15/h4,7-8,13H,3,5-6H2,1-2H3,(H,11,12). The predicted molar refractivity (Wildman–Crippen MR) is 64.9 cm³/mol. The van der Waals surface area contributed by atoms with Crippen LogP contribution in [0.25, 0.3) is 0 Å². The van der Waals surface area contributed by atoms with Crippen molar-refractivity contribution in [3.8, 4) is 0 Å². The van der Waals surface area contributed by atoms with Crippen LogP contribution >= 0.6 is 0 Å². The molecule has 6 heteroatoms. The summed E-state index contributed by atoms with van der Waals surface area (Å²) in [5.41, 5.74) is 1.96. The number of hydrogen-bond donors (Lipinski definition) is 2. The molecule has 5 nitrogen and oxygen atoms in total. The highest BCUT2D eigenvalue weighted by atomic mass is 32.2. The summed E-state index contributed by atoms with van der Waals surface area (Å²) in [4.78, 5) is 4.08. The van der Waals surface area contributed by atoms with Crippen LogP contribution in [0.2, 0.25) is 0 Å². The summed E-state index contributed by atoms with van der Waals surface area (Å²) in [5.74, 6) is 0. The molecular formula is C10H17N3O2S. The van der Waals surface area contributed by atoms with Crippen LogP contribution in [0.5, 0.6) is 0 Å². The number of aromatic nitrogens is 1. The lowest BCUT2D eigenvalue weighted by molar-refractivity contribution is 0.586. The number of nitrogens with zero attached hydrogens (tertiary/aromatic N) is 1. The molecule has 0 aliphatic heterocycles. The van der Waals surface area contributed by atoms with E-state index in [0.717, 1.165) is 30.6 Å². The van der Waals surface area contributed by atoms with Crippen molar-refractivity contribution in [1.82, 2.24) is 9.71 Å². The third-order valence-corrected chi connectivity index (χ3v) is 2.67. The molecule has 90 valence electrons. The van der Waals surface area contributed by atoms with Gasteiger partial charge in [-0.25, -0.2) is 13.1 Å². The van der Waals surface area contributed by atoms with E-state index in [0.29, 0.717) is 6.54 Å². The molecule has 1 heterocycles. The van der Waals surface area contributed by atoms with Crippen molar-refractivity contribution in [2.24, 2.45) is 0 Å². The van der Waals surface area contributed by atoms with E-state index >= 15 is 0 Å². The predicted octanol–water partition coefficient (Wildman–Crippen LogP) is 0.741. The Kier molecular flexibility index (Phi) is 4.70. The zero-order chi connectivity index (χ0) is 12.0. The quantitative estimate of drug-likeness (QED) is 0.723. The molecule has 0 bridgehead atoms. The fourth-order valence-corrected chi connectivity index (χ4v) is 1.75. The summed E-state index contributed by atoms with van der Waals surface area (Å²) in [7, 11) is -3.06. The first-order valence-electron chi connectivity index (χ1n) is 5.08. The maximum absolute atomic E-state index is 10.8. The normalized spacial score (nSPS) is 11.4. The lowest BCUT2D eigenvalue weighted by Crippen LogP contribution is -2.24. The summed E-state index contributed by atoms with van der Waals surface area (Å²) in [5, 5.41) is 3.20. The number of sulfonamides is 1. The van der Waals surface area contributed by atoms with Gasteiger partial charge in [-0.1, -0.05) is 0 Å². The fourth-order valence-electron chi connectivity index (χ4n) is 1.23.